The number of carbonyl (C=O) groups is 2. The first-order valence-electron chi connectivity index (χ1n) is 8.90. The summed E-state index contributed by atoms with van der Waals surface area (Å²) in [5.41, 5.74) is 1.28. The van der Waals surface area contributed by atoms with E-state index in [2.05, 4.69) is 6.92 Å². The molecule has 0 radical (unpaired) electrons. The number of rotatable bonds is 4. The van der Waals surface area contributed by atoms with Crippen LogP contribution in [0.4, 0.5) is 0 Å². The molecule has 0 N–H and O–H groups in total. The largest absolute Gasteiger partial charge is 0.488 e. The van der Waals surface area contributed by atoms with Gasteiger partial charge in [0.25, 0.3) is 5.91 Å². The number of nitrogens with zero attached hydrogens (tertiary/aromatic N) is 1. The minimum absolute atomic E-state index is 0.148. The number of para-hydroxylation sites is 1. The molecule has 1 aliphatic heterocycles. The monoisotopic (exact) mass is 343 g/mol. The standard InChI is InChI=1S/C20H25NO4/c1-14-7-9-17(10-8-14)21(2)19(22)13-25-20(23)16-11-15-5-3-4-6-18(15)24-12-16/h3-6,11,14,17H,7-10,12-13H2,1-2H3. The third-order valence-corrected chi connectivity index (χ3v) is 5.15. The Morgan fingerprint density at radius 1 is 1.20 bits per heavy atom. The van der Waals surface area contributed by atoms with Crippen LogP contribution in [0.1, 0.15) is 38.2 Å². The predicted molar refractivity (Wildman–Crippen MR) is 95.1 cm³/mol. The Morgan fingerprint density at radius 3 is 2.68 bits per heavy atom. The SMILES string of the molecule is CC1CCC(N(C)C(=O)COC(=O)C2=Cc3ccccc3OC2)CC1. The fourth-order valence-electron chi connectivity index (χ4n) is 3.39. The summed E-state index contributed by atoms with van der Waals surface area (Å²) in [5, 5.41) is 0. The normalized spacial score (nSPS) is 22.2. The molecule has 1 heterocycles. The molecule has 2 aliphatic rings. The number of hydrogen-bond donors (Lipinski definition) is 0. The number of benzene rings is 1. The number of amides is 1. The topological polar surface area (TPSA) is 55.8 Å². The average molecular weight is 343 g/mol. The Labute approximate surface area is 148 Å². The molecule has 1 fully saturated rings. The van der Waals surface area contributed by atoms with Gasteiger partial charge in [-0.2, -0.15) is 0 Å². The Morgan fingerprint density at radius 2 is 1.92 bits per heavy atom. The Balaban J connectivity index is 1.52. The molecule has 1 aromatic rings. The van der Waals surface area contributed by atoms with Crippen molar-refractivity contribution in [1.82, 2.24) is 4.90 Å². The van der Waals surface area contributed by atoms with E-state index in [1.807, 2.05) is 24.3 Å². The third-order valence-electron chi connectivity index (χ3n) is 5.15. The van der Waals surface area contributed by atoms with Crippen molar-refractivity contribution in [3.05, 3.63) is 35.4 Å². The van der Waals surface area contributed by atoms with Crippen LogP contribution in [0.5, 0.6) is 5.75 Å². The summed E-state index contributed by atoms with van der Waals surface area (Å²) in [6, 6.07) is 7.77. The van der Waals surface area contributed by atoms with E-state index in [1.54, 1.807) is 18.0 Å². The van der Waals surface area contributed by atoms with Gasteiger partial charge in [0.15, 0.2) is 6.61 Å². The fraction of sp³-hybridized carbons (Fsp3) is 0.500. The second-order valence-corrected chi connectivity index (χ2v) is 6.99. The van der Waals surface area contributed by atoms with Gasteiger partial charge in [0, 0.05) is 18.7 Å². The Hall–Kier alpha value is -2.30. The van der Waals surface area contributed by atoms with Gasteiger partial charge in [-0.05, 0) is 43.7 Å². The molecular weight excluding hydrogens is 318 g/mol. The van der Waals surface area contributed by atoms with Crippen molar-refractivity contribution in [2.45, 2.75) is 38.6 Å². The van der Waals surface area contributed by atoms with Crippen molar-refractivity contribution in [2.24, 2.45) is 5.92 Å². The van der Waals surface area contributed by atoms with Crippen LogP contribution in [-0.4, -0.2) is 43.1 Å². The van der Waals surface area contributed by atoms with Crippen LogP contribution in [0.3, 0.4) is 0 Å². The molecule has 1 aromatic carbocycles. The van der Waals surface area contributed by atoms with Gasteiger partial charge < -0.3 is 14.4 Å². The first-order valence-corrected chi connectivity index (χ1v) is 8.90. The van der Waals surface area contributed by atoms with Gasteiger partial charge in [0.2, 0.25) is 0 Å². The maximum atomic E-state index is 12.3. The molecular formula is C20H25NO4. The van der Waals surface area contributed by atoms with E-state index in [4.69, 9.17) is 9.47 Å². The van der Waals surface area contributed by atoms with Crippen LogP contribution in [-0.2, 0) is 14.3 Å². The summed E-state index contributed by atoms with van der Waals surface area (Å²) in [6.07, 6.45) is 6.09. The zero-order chi connectivity index (χ0) is 17.8. The van der Waals surface area contributed by atoms with Crippen LogP contribution < -0.4 is 4.74 Å². The predicted octanol–water partition coefficient (Wildman–Crippen LogP) is 3.04. The zero-order valence-electron chi connectivity index (χ0n) is 14.9. The van der Waals surface area contributed by atoms with Crippen molar-refractivity contribution >= 4 is 18.0 Å². The van der Waals surface area contributed by atoms with Crippen LogP contribution in [0.15, 0.2) is 29.8 Å². The lowest BCUT2D eigenvalue weighted by atomic mass is 9.87. The van der Waals surface area contributed by atoms with Crippen LogP contribution >= 0.6 is 0 Å². The zero-order valence-corrected chi connectivity index (χ0v) is 14.9. The highest BCUT2D eigenvalue weighted by Crippen LogP contribution is 2.27. The first-order chi connectivity index (χ1) is 12.0. The molecule has 1 aliphatic carbocycles. The minimum atomic E-state index is -0.492. The lowest BCUT2D eigenvalue weighted by Gasteiger charge is -2.33. The Kier molecular flexibility index (Phi) is 5.41. The van der Waals surface area contributed by atoms with Gasteiger partial charge >= 0.3 is 5.97 Å². The maximum absolute atomic E-state index is 12.3. The number of fused-ring (bicyclic) bond motifs is 1. The summed E-state index contributed by atoms with van der Waals surface area (Å²) in [4.78, 5) is 26.3. The molecule has 5 heteroatoms. The summed E-state index contributed by atoms with van der Waals surface area (Å²) in [7, 11) is 1.80. The van der Waals surface area contributed by atoms with Gasteiger partial charge in [-0.25, -0.2) is 4.79 Å². The fourth-order valence-corrected chi connectivity index (χ4v) is 3.39. The number of ether oxygens (including phenoxy) is 2. The number of likely N-dealkylation sites (N-methyl/N-ethyl adjacent to an activating group) is 1. The summed E-state index contributed by atoms with van der Waals surface area (Å²) in [5.74, 6) is 0.847. The summed E-state index contributed by atoms with van der Waals surface area (Å²) < 4.78 is 10.8. The van der Waals surface area contributed by atoms with Crippen molar-refractivity contribution in [2.75, 3.05) is 20.3 Å². The van der Waals surface area contributed by atoms with Gasteiger partial charge in [-0.15, -0.1) is 0 Å². The number of carbonyl (C=O) groups excluding carboxylic acids is 2. The van der Waals surface area contributed by atoms with Crippen LogP contribution in [0.2, 0.25) is 0 Å². The smallest absolute Gasteiger partial charge is 0.338 e. The molecule has 1 saturated carbocycles. The average Bonchev–Trinajstić information content (AvgIpc) is 2.65. The van der Waals surface area contributed by atoms with E-state index in [9.17, 15) is 9.59 Å². The minimum Gasteiger partial charge on any atom is -0.488 e. The van der Waals surface area contributed by atoms with E-state index in [0.29, 0.717) is 5.57 Å². The molecule has 0 aromatic heterocycles. The van der Waals surface area contributed by atoms with Crippen molar-refractivity contribution in [1.29, 1.82) is 0 Å². The van der Waals surface area contributed by atoms with Gasteiger partial charge in [0.1, 0.15) is 12.4 Å². The highest BCUT2D eigenvalue weighted by Gasteiger charge is 2.26. The second kappa shape index (κ2) is 7.72. The van der Waals surface area contributed by atoms with Crippen molar-refractivity contribution in [3.63, 3.8) is 0 Å². The first kappa shape index (κ1) is 17.5. The maximum Gasteiger partial charge on any atom is 0.338 e. The highest BCUT2D eigenvalue weighted by atomic mass is 16.5. The lowest BCUT2D eigenvalue weighted by molar-refractivity contribution is -0.149. The molecule has 5 nitrogen and oxygen atoms in total. The number of hydrogen-bond acceptors (Lipinski definition) is 4. The molecule has 0 spiro atoms. The number of esters is 1. The molecule has 0 saturated heterocycles. The second-order valence-electron chi connectivity index (χ2n) is 6.99. The molecule has 3 rings (SSSR count). The van der Waals surface area contributed by atoms with E-state index >= 15 is 0 Å². The van der Waals surface area contributed by atoms with Crippen molar-refractivity contribution in [3.8, 4) is 5.75 Å². The molecule has 25 heavy (non-hydrogen) atoms. The molecule has 0 unspecified atom stereocenters. The molecule has 134 valence electrons. The quantitative estimate of drug-likeness (QED) is 0.789. The van der Waals surface area contributed by atoms with E-state index in [-0.39, 0.29) is 25.2 Å². The third kappa shape index (κ3) is 4.21. The van der Waals surface area contributed by atoms with Gasteiger partial charge in [-0.3, -0.25) is 4.79 Å². The van der Waals surface area contributed by atoms with Gasteiger partial charge in [-0.1, -0.05) is 25.1 Å². The van der Waals surface area contributed by atoms with Crippen LogP contribution in [0.25, 0.3) is 6.08 Å². The Bertz CT molecular complexity index is 674. The summed E-state index contributed by atoms with van der Waals surface area (Å²) >= 11 is 0. The van der Waals surface area contributed by atoms with E-state index < -0.39 is 5.97 Å². The van der Waals surface area contributed by atoms with Gasteiger partial charge in [0.05, 0.1) is 5.57 Å². The highest BCUT2D eigenvalue weighted by molar-refractivity contribution is 5.96. The van der Waals surface area contributed by atoms with E-state index in [0.717, 1.165) is 42.9 Å². The van der Waals surface area contributed by atoms with E-state index in [1.165, 1.54) is 0 Å². The summed E-state index contributed by atoms with van der Waals surface area (Å²) in [6.45, 7) is 2.19. The molecule has 0 atom stereocenters. The van der Waals surface area contributed by atoms with Crippen molar-refractivity contribution < 1.29 is 19.1 Å². The van der Waals surface area contributed by atoms with Crippen LogP contribution in [0, 0.1) is 5.92 Å². The lowest BCUT2D eigenvalue weighted by Crippen LogP contribution is -2.41. The molecule has 1 amide bonds. The molecule has 0 bridgehead atoms.